The molecule has 3 N–H and O–H groups in total. The summed E-state index contributed by atoms with van der Waals surface area (Å²) in [6.45, 7) is 3.01. The van der Waals surface area contributed by atoms with Crippen molar-refractivity contribution in [1.29, 1.82) is 5.41 Å². The molecule has 1 fully saturated rings. The third-order valence-corrected chi connectivity index (χ3v) is 3.07. The molecule has 92 valence electrons. The first-order chi connectivity index (χ1) is 8.15. The highest BCUT2D eigenvalue weighted by Gasteiger charge is 2.22. The van der Waals surface area contributed by atoms with E-state index < -0.39 is 0 Å². The minimum absolute atomic E-state index is 0.103. The van der Waals surface area contributed by atoms with Gasteiger partial charge in [0.2, 0.25) is 0 Å². The Bertz CT molecular complexity index is 393. The van der Waals surface area contributed by atoms with Crippen LogP contribution in [0.4, 0.5) is 0 Å². The molecule has 0 spiro atoms. The molecule has 0 radical (unpaired) electrons. The van der Waals surface area contributed by atoms with Crippen molar-refractivity contribution >= 4 is 17.4 Å². The predicted molar refractivity (Wildman–Crippen MR) is 68.4 cm³/mol. The van der Waals surface area contributed by atoms with Gasteiger partial charge in [-0.05, 0) is 17.7 Å². The summed E-state index contributed by atoms with van der Waals surface area (Å²) in [6.07, 6.45) is -0.268. The summed E-state index contributed by atoms with van der Waals surface area (Å²) in [6, 6.07) is 7.81. The normalized spacial score (nSPS) is 21.4. The highest BCUT2D eigenvalue weighted by molar-refractivity contribution is 6.30. The van der Waals surface area contributed by atoms with Crippen LogP contribution in [-0.2, 0) is 11.3 Å². The van der Waals surface area contributed by atoms with Crippen molar-refractivity contribution in [2.75, 3.05) is 19.7 Å². The van der Waals surface area contributed by atoms with E-state index in [1.54, 1.807) is 0 Å². The molecule has 0 aliphatic carbocycles. The van der Waals surface area contributed by atoms with Crippen LogP contribution in [0.5, 0.6) is 0 Å². The van der Waals surface area contributed by atoms with Gasteiger partial charge in [-0.1, -0.05) is 23.7 Å². The highest BCUT2D eigenvalue weighted by Crippen LogP contribution is 2.13. The number of amidine groups is 1. The SMILES string of the molecule is N=C(N)C1CN(Cc2ccc(Cl)cc2)CCO1. The molecule has 1 unspecified atom stereocenters. The lowest BCUT2D eigenvalue weighted by Crippen LogP contribution is -2.47. The lowest BCUT2D eigenvalue weighted by Gasteiger charge is -2.32. The van der Waals surface area contributed by atoms with Gasteiger partial charge in [0.15, 0.2) is 0 Å². The number of nitrogens with two attached hydrogens (primary N) is 1. The van der Waals surface area contributed by atoms with E-state index >= 15 is 0 Å². The maximum atomic E-state index is 7.40. The molecule has 0 saturated carbocycles. The molecule has 17 heavy (non-hydrogen) atoms. The molecule has 0 amide bonds. The van der Waals surface area contributed by atoms with E-state index in [1.165, 1.54) is 5.56 Å². The standard InChI is InChI=1S/C12H16ClN3O/c13-10-3-1-9(2-4-10)7-16-5-6-17-11(8-16)12(14)15/h1-4,11H,5-8H2,(H3,14,15). The molecule has 4 nitrogen and oxygen atoms in total. The van der Waals surface area contributed by atoms with Crippen LogP contribution in [0.1, 0.15) is 5.56 Å². The second-order valence-electron chi connectivity index (χ2n) is 4.18. The molecular weight excluding hydrogens is 238 g/mol. The predicted octanol–water partition coefficient (Wildman–Crippen LogP) is 1.48. The van der Waals surface area contributed by atoms with Crippen molar-refractivity contribution < 1.29 is 4.74 Å². The highest BCUT2D eigenvalue weighted by atomic mass is 35.5. The number of hydrogen-bond donors (Lipinski definition) is 2. The van der Waals surface area contributed by atoms with Crippen LogP contribution < -0.4 is 5.73 Å². The summed E-state index contributed by atoms with van der Waals surface area (Å²) in [5.41, 5.74) is 6.66. The first-order valence-corrected chi connectivity index (χ1v) is 5.95. The van der Waals surface area contributed by atoms with E-state index in [1.807, 2.05) is 24.3 Å². The maximum Gasteiger partial charge on any atom is 0.127 e. The number of hydrogen-bond acceptors (Lipinski definition) is 3. The van der Waals surface area contributed by atoms with Crippen LogP contribution in [0.15, 0.2) is 24.3 Å². The zero-order valence-electron chi connectivity index (χ0n) is 9.53. The summed E-state index contributed by atoms with van der Waals surface area (Å²) < 4.78 is 5.41. The second kappa shape index (κ2) is 5.49. The molecule has 1 saturated heterocycles. The van der Waals surface area contributed by atoms with E-state index in [2.05, 4.69) is 4.90 Å². The fourth-order valence-corrected chi connectivity index (χ4v) is 2.01. The molecule has 5 heteroatoms. The monoisotopic (exact) mass is 253 g/mol. The van der Waals surface area contributed by atoms with Gasteiger partial charge in [-0.2, -0.15) is 0 Å². The molecule has 1 aliphatic heterocycles. The van der Waals surface area contributed by atoms with Crippen molar-refractivity contribution in [3.63, 3.8) is 0 Å². The van der Waals surface area contributed by atoms with Gasteiger partial charge < -0.3 is 10.5 Å². The second-order valence-corrected chi connectivity index (χ2v) is 4.61. The van der Waals surface area contributed by atoms with Crippen molar-refractivity contribution in [3.05, 3.63) is 34.9 Å². The Labute approximate surface area is 106 Å². The number of benzene rings is 1. The number of nitrogens with one attached hydrogen (secondary N) is 1. The third kappa shape index (κ3) is 3.43. The number of morpholine rings is 1. The molecule has 1 heterocycles. The number of ether oxygens (including phenoxy) is 1. The first-order valence-electron chi connectivity index (χ1n) is 5.57. The zero-order chi connectivity index (χ0) is 12.3. The van der Waals surface area contributed by atoms with Crippen LogP contribution in [0.25, 0.3) is 0 Å². The van der Waals surface area contributed by atoms with Gasteiger partial charge in [-0.25, -0.2) is 0 Å². The van der Waals surface area contributed by atoms with E-state index in [9.17, 15) is 0 Å². The Hall–Kier alpha value is -1.10. The van der Waals surface area contributed by atoms with E-state index in [0.717, 1.165) is 18.1 Å². The molecule has 0 bridgehead atoms. The minimum Gasteiger partial charge on any atom is -0.385 e. The Morgan fingerprint density at radius 1 is 1.47 bits per heavy atom. The van der Waals surface area contributed by atoms with E-state index in [0.29, 0.717) is 13.2 Å². The van der Waals surface area contributed by atoms with Crippen molar-refractivity contribution in [2.45, 2.75) is 12.6 Å². The number of nitrogens with zero attached hydrogens (tertiary/aromatic N) is 1. The fourth-order valence-electron chi connectivity index (χ4n) is 1.88. The topological polar surface area (TPSA) is 62.3 Å². The average Bonchev–Trinajstić information content (AvgIpc) is 2.32. The molecular formula is C12H16ClN3O. The van der Waals surface area contributed by atoms with Gasteiger partial charge in [0.1, 0.15) is 11.9 Å². The molecule has 1 aromatic carbocycles. The summed E-state index contributed by atoms with van der Waals surface area (Å²) in [5.74, 6) is 0.103. The Morgan fingerprint density at radius 3 is 2.82 bits per heavy atom. The summed E-state index contributed by atoms with van der Waals surface area (Å²) in [4.78, 5) is 2.23. The van der Waals surface area contributed by atoms with Gasteiger partial charge in [-0.3, -0.25) is 10.3 Å². The Kier molecular flexibility index (Phi) is 3.99. The lowest BCUT2D eigenvalue weighted by molar-refractivity contribution is 0.00236. The van der Waals surface area contributed by atoms with Gasteiger partial charge >= 0.3 is 0 Å². The summed E-state index contributed by atoms with van der Waals surface area (Å²) >= 11 is 5.84. The molecule has 1 aliphatic rings. The average molecular weight is 254 g/mol. The maximum absolute atomic E-state index is 7.40. The first kappa shape index (κ1) is 12.4. The Morgan fingerprint density at radius 2 is 2.18 bits per heavy atom. The van der Waals surface area contributed by atoms with Crippen LogP contribution >= 0.6 is 11.6 Å². The van der Waals surface area contributed by atoms with Gasteiger partial charge in [-0.15, -0.1) is 0 Å². The van der Waals surface area contributed by atoms with Crippen LogP contribution in [-0.4, -0.2) is 36.5 Å². The van der Waals surface area contributed by atoms with Crippen LogP contribution in [0.2, 0.25) is 5.02 Å². The van der Waals surface area contributed by atoms with Gasteiger partial charge in [0.25, 0.3) is 0 Å². The largest absolute Gasteiger partial charge is 0.385 e. The molecule has 1 aromatic rings. The summed E-state index contributed by atoms with van der Waals surface area (Å²) in [7, 11) is 0. The molecule has 0 aromatic heterocycles. The zero-order valence-corrected chi connectivity index (χ0v) is 10.3. The van der Waals surface area contributed by atoms with Crippen molar-refractivity contribution in [2.24, 2.45) is 5.73 Å². The molecule has 2 rings (SSSR count). The number of halogens is 1. The minimum atomic E-state index is -0.268. The lowest BCUT2D eigenvalue weighted by atomic mass is 10.2. The van der Waals surface area contributed by atoms with E-state index in [-0.39, 0.29) is 11.9 Å². The third-order valence-electron chi connectivity index (χ3n) is 2.82. The van der Waals surface area contributed by atoms with Crippen LogP contribution in [0, 0.1) is 5.41 Å². The van der Waals surface area contributed by atoms with E-state index in [4.69, 9.17) is 27.5 Å². The van der Waals surface area contributed by atoms with Crippen LogP contribution in [0.3, 0.4) is 0 Å². The Balaban J connectivity index is 1.94. The van der Waals surface area contributed by atoms with Gasteiger partial charge in [0, 0.05) is 24.7 Å². The fraction of sp³-hybridized carbons (Fsp3) is 0.417. The smallest absolute Gasteiger partial charge is 0.127 e. The van der Waals surface area contributed by atoms with Crippen molar-refractivity contribution in [1.82, 2.24) is 4.90 Å². The van der Waals surface area contributed by atoms with Crippen molar-refractivity contribution in [3.8, 4) is 0 Å². The quantitative estimate of drug-likeness (QED) is 0.634. The molecule has 1 atom stereocenters. The van der Waals surface area contributed by atoms with Gasteiger partial charge in [0.05, 0.1) is 6.61 Å². The number of rotatable bonds is 3. The summed E-state index contributed by atoms with van der Waals surface area (Å²) in [5, 5.41) is 8.14.